The summed E-state index contributed by atoms with van der Waals surface area (Å²) in [6, 6.07) is 15.9. The fourth-order valence-corrected chi connectivity index (χ4v) is 8.15. The molecular weight excluding hydrogens is 737 g/mol. The third-order valence-electron chi connectivity index (χ3n) is 8.89. The van der Waals surface area contributed by atoms with Gasteiger partial charge in [-0.15, -0.1) is 4.91 Å². The number of hydrogen-bond acceptors (Lipinski definition) is 9. The van der Waals surface area contributed by atoms with E-state index >= 15 is 0 Å². The number of sulfonamides is 1. The molecule has 1 heterocycles. The lowest BCUT2D eigenvalue weighted by Crippen LogP contribution is -2.59. The van der Waals surface area contributed by atoms with E-state index in [-0.39, 0.29) is 30.2 Å². The zero-order valence-electron chi connectivity index (χ0n) is 27.7. The van der Waals surface area contributed by atoms with E-state index in [1.54, 1.807) is 65.6 Å². The number of hydroxylamine groups is 1. The Bertz CT molecular complexity index is 1960. The summed E-state index contributed by atoms with van der Waals surface area (Å²) >= 11 is 13.0. The molecule has 2 aliphatic rings. The number of halogens is 2. The first-order valence-electron chi connectivity index (χ1n) is 16.4. The van der Waals surface area contributed by atoms with Crippen LogP contribution < -0.4 is 14.9 Å². The summed E-state index contributed by atoms with van der Waals surface area (Å²) in [6.45, 7) is 0.199. The van der Waals surface area contributed by atoms with Gasteiger partial charge >= 0.3 is 0 Å². The third kappa shape index (κ3) is 9.45. The summed E-state index contributed by atoms with van der Waals surface area (Å²) in [7, 11) is -4.06. The normalized spacial score (nSPS) is 20.0. The van der Waals surface area contributed by atoms with E-state index in [4.69, 9.17) is 38.3 Å². The Morgan fingerprint density at radius 2 is 1.77 bits per heavy atom. The topological polar surface area (TPSA) is 209 Å². The van der Waals surface area contributed by atoms with Crippen LogP contribution in [0.3, 0.4) is 0 Å². The lowest BCUT2D eigenvalue weighted by atomic mass is 9.76. The first kappa shape index (κ1) is 38.7. The van der Waals surface area contributed by atoms with Gasteiger partial charge in [0, 0.05) is 44.2 Å². The molecule has 0 saturated heterocycles. The standard InChI is InChI=1S/C34H35Cl2N7O8S/c35-22-13-16-26(27(36)18-22)32-31(33(45)40-51-19-21-11-14-23(15-12-21)50-17-5-10-30(44)39-47)24-6-1-2-7-25(24)34(46)43(32)29-9-4-3-8-28(29)41-52(48,49)20-38-42-37/h1-2,6-7,11-16,18,28-29,31-32,41H,3-5,8-10,17,19-20H2,(H,40,45)/t28-,29-,31+,32-/m0/s1. The van der Waals surface area contributed by atoms with E-state index in [2.05, 4.69) is 25.4 Å². The fraction of sp³-hybridized carbons (Fsp3) is 0.382. The SMILES string of the molecule is [N-]=[N+]=NCS(=O)(=O)N[C@H]1CCCC[C@@H]1N1C(=O)c2ccccc2[C@@H](C(=O)NOCc2ccc(OCCCC(=O)N=O)cc2)[C@@H]1c1ccc(Cl)cc1Cl. The Morgan fingerprint density at radius 1 is 1.02 bits per heavy atom. The Morgan fingerprint density at radius 3 is 2.50 bits per heavy atom. The zero-order valence-corrected chi connectivity index (χ0v) is 30.0. The van der Waals surface area contributed by atoms with Crippen molar-refractivity contribution in [3.63, 3.8) is 0 Å². The minimum absolute atomic E-state index is 0.00347. The molecule has 0 spiro atoms. The first-order chi connectivity index (χ1) is 25.0. The van der Waals surface area contributed by atoms with Gasteiger partial charge < -0.3 is 9.64 Å². The third-order valence-corrected chi connectivity index (χ3v) is 10.6. The number of nitroso groups, excluding NO2 is 1. The zero-order chi connectivity index (χ0) is 37.3. The molecule has 4 atom stereocenters. The maximum absolute atomic E-state index is 14.5. The Hall–Kier alpha value is -4.57. The number of carbonyl (C=O) groups excluding carboxylic acids is 3. The molecule has 1 saturated carbocycles. The number of fused-ring (bicyclic) bond motifs is 1. The maximum Gasteiger partial charge on any atom is 0.286 e. The van der Waals surface area contributed by atoms with Gasteiger partial charge in [-0.05, 0) is 71.8 Å². The van der Waals surface area contributed by atoms with Crippen molar-refractivity contribution in [2.75, 3.05) is 12.5 Å². The van der Waals surface area contributed by atoms with Gasteiger partial charge in [0.2, 0.25) is 10.0 Å². The Kier molecular flexibility index (Phi) is 13.2. The van der Waals surface area contributed by atoms with Gasteiger partial charge in [-0.25, -0.2) is 18.6 Å². The smallest absolute Gasteiger partial charge is 0.286 e. The van der Waals surface area contributed by atoms with E-state index in [1.165, 1.54) is 6.07 Å². The molecule has 0 bridgehead atoms. The molecule has 3 aromatic rings. The molecule has 1 aliphatic heterocycles. The summed E-state index contributed by atoms with van der Waals surface area (Å²) in [5.41, 5.74) is 13.1. The molecule has 5 rings (SSSR count). The summed E-state index contributed by atoms with van der Waals surface area (Å²) < 4.78 is 34.0. The van der Waals surface area contributed by atoms with Crippen LogP contribution in [-0.4, -0.2) is 55.6 Å². The summed E-state index contributed by atoms with van der Waals surface area (Å²) in [4.78, 5) is 59.8. The second-order valence-electron chi connectivity index (χ2n) is 12.3. The van der Waals surface area contributed by atoms with Crippen LogP contribution in [0.15, 0.2) is 77.0 Å². The minimum atomic E-state index is -4.06. The highest BCUT2D eigenvalue weighted by atomic mass is 35.5. The predicted molar refractivity (Wildman–Crippen MR) is 192 cm³/mol. The summed E-state index contributed by atoms with van der Waals surface area (Å²) in [5, 5.41) is 6.11. The van der Waals surface area contributed by atoms with Gasteiger partial charge in [-0.3, -0.25) is 19.2 Å². The lowest BCUT2D eigenvalue weighted by molar-refractivity contribution is -0.138. The fourth-order valence-electron chi connectivity index (χ4n) is 6.62. The molecule has 3 aromatic carbocycles. The van der Waals surface area contributed by atoms with Crippen molar-refractivity contribution in [3.8, 4) is 5.75 Å². The number of benzene rings is 3. The summed E-state index contributed by atoms with van der Waals surface area (Å²) in [5.74, 6) is -3.04. The van der Waals surface area contributed by atoms with Crippen molar-refractivity contribution in [1.29, 1.82) is 0 Å². The van der Waals surface area contributed by atoms with Crippen molar-refractivity contribution >= 4 is 50.9 Å². The number of azide groups is 1. The van der Waals surface area contributed by atoms with Crippen LogP contribution in [0.25, 0.3) is 10.4 Å². The monoisotopic (exact) mass is 771 g/mol. The quantitative estimate of drug-likeness (QED) is 0.0436. The largest absolute Gasteiger partial charge is 0.494 e. The van der Waals surface area contributed by atoms with Crippen molar-refractivity contribution < 1.29 is 32.4 Å². The van der Waals surface area contributed by atoms with E-state index < -0.39 is 57.7 Å². The highest BCUT2D eigenvalue weighted by molar-refractivity contribution is 7.89. The van der Waals surface area contributed by atoms with Gasteiger partial charge in [0.25, 0.3) is 17.7 Å². The van der Waals surface area contributed by atoms with Gasteiger partial charge in [-0.1, -0.05) is 77.6 Å². The second-order valence-corrected chi connectivity index (χ2v) is 14.8. The van der Waals surface area contributed by atoms with Crippen LogP contribution in [0.4, 0.5) is 0 Å². The highest BCUT2D eigenvalue weighted by Crippen LogP contribution is 2.48. The molecule has 3 amide bonds. The van der Waals surface area contributed by atoms with Gasteiger partial charge in [0.15, 0.2) is 0 Å². The average Bonchev–Trinajstić information content (AvgIpc) is 3.13. The van der Waals surface area contributed by atoms with Crippen LogP contribution in [0.5, 0.6) is 5.75 Å². The second kappa shape index (κ2) is 17.8. The van der Waals surface area contributed by atoms with E-state index in [0.29, 0.717) is 59.6 Å². The van der Waals surface area contributed by atoms with Crippen LogP contribution in [0, 0.1) is 4.91 Å². The van der Waals surface area contributed by atoms with Gasteiger partial charge in [0.1, 0.15) is 11.6 Å². The number of nitrogens with zero attached hydrogens (tertiary/aromatic N) is 5. The van der Waals surface area contributed by atoms with Gasteiger partial charge in [-0.2, -0.15) is 0 Å². The first-order valence-corrected chi connectivity index (χ1v) is 18.8. The van der Waals surface area contributed by atoms with Crippen LogP contribution >= 0.6 is 23.2 Å². The Balaban J connectivity index is 1.42. The predicted octanol–water partition coefficient (Wildman–Crippen LogP) is 6.47. The molecule has 15 nitrogen and oxygen atoms in total. The maximum atomic E-state index is 14.5. The van der Waals surface area contributed by atoms with E-state index in [0.717, 1.165) is 0 Å². The lowest BCUT2D eigenvalue weighted by Gasteiger charge is -2.49. The van der Waals surface area contributed by atoms with E-state index in [9.17, 15) is 27.7 Å². The number of ether oxygens (including phenoxy) is 1. The molecule has 0 aromatic heterocycles. The molecule has 1 aliphatic carbocycles. The minimum Gasteiger partial charge on any atom is -0.494 e. The number of amides is 3. The highest BCUT2D eigenvalue weighted by Gasteiger charge is 2.49. The summed E-state index contributed by atoms with van der Waals surface area (Å²) in [6.07, 6.45) is 2.52. The van der Waals surface area contributed by atoms with Crippen molar-refractivity contribution in [3.05, 3.63) is 114 Å². The molecule has 274 valence electrons. The molecule has 0 radical (unpaired) electrons. The van der Waals surface area contributed by atoms with Crippen LogP contribution in [0.1, 0.15) is 77.5 Å². The Labute approximate surface area is 309 Å². The number of hydrogen-bond donors (Lipinski definition) is 2. The van der Waals surface area contributed by atoms with Gasteiger partial charge in [0.05, 0.1) is 25.2 Å². The molecule has 1 fully saturated rings. The van der Waals surface area contributed by atoms with Crippen LogP contribution in [0.2, 0.25) is 10.0 Å². The average molecular weight is 773 g/mol. The van der Waals surface area contributed by atoms with Crippen molar-refractivity contribution in [2.45, 2.75) is 69.2 Å². The van der Waals surface area contributed by atoms with Crippen molar-refractivity contribution in [1.82, 2.24) is 15.1 Å². The molecular formula is C34H35Cl2N7O8S. The number of carbonyl (C=O) groups is 3. The molecule has 0 unspecified atom stereocenters. The van der Waals surface area contributed by atoms with Crippen molar-refractivity contribution in [2.24, 2.45) is 10.3 Å². The molecule has 2 N–H and O–H groups in total. The molecule has 52 heavy (non-hydrogen) atoms. The molecule has 18 heteroatoms. The van der Waals surface area contributed by atoms with Crippen LogP contribution in [-0.2, 0) is 31.1 Å². The number of rotatable bonds is 15. The van der Waals surface area contributed by atoms with E-state index in [1.807, 2.05) is 0 Å². The number of nitrogens with one attached hydrogen (secondary N) is 2.